The SMILES string of the molecule is C=C(C)C(=O)Oc1ccc(-c2ccc(OC(O)C(C)(C)C)cc2)cc1CC(C)(C)O. The van der Waals surface area contributed by atoms with Crippen LogP contribution in [0.15, 0.2) is 54.6 Å². The van der Waals surface area contributed by atoms with Crippen molar-refractivity contribution in [1.29, 1.82) is 0 Å². The molecule has 0 fully saturated rings. The minimum Gasteiger partial charge on any atom is -0.465 e. The molecule has 0 radical (unpaired) electrons. The maximum atomic E-state index is 12.0. The van der Waals surface area contributed by atoms with Gasteiger partial charge in [0.05, 0.1) is 5.60 Å². The van der Waals surface area contributed by atoms with Crippen molar-refractivity contribution >= 4 is 5.97 Å². The van der Waals surface area contributed by atoms with Crippen LogP contribution in [0.4, 0.5) is 0 Å². The first-order valence-electron chi connectivity index (χ1n) is 9.94. The molecule has 1 atom stereocenters. The third kappa shape index (κ3) is 6.71. The molecule has 0 aliphatic rings. The summed E-state index contributed by atoms with van der Waals surface area (Å²) in [6.45, 7) is 14.3. The summed E-state index contributed by atoms with van der Waals surface area (Å²) >= 11 is 0. The van der Waals surface area contributed by atoms with Crippen LogP contribution in [0, 0.1) is 5.41 Å². The maximum absolute atomic E-state index is 12.0. The Bertz CT molecular complexity index is 899. The van der Waals surface area contributed by atoms with E-state index in [9.17, 15) is 15.0 Å². The smallest absolute Gasteiger partial charge is 0.338 e. The van der Waals surface area contributed by atoms with Gasteiger partial charge < -0.3 is 19.7 Å². The Morgan fingerprint density at radius 1 is 1.03 bits per heavy atom. The molecule has 5 heteroatoms. The van der Waals surface area contributed by atoms with E-state index in [1.807, 2.05) is 45.0 Å². The van der Waals surface area contributed by atoms with Crippen LogP contribution < -0.4 is 9.47 Å². The predicted molar refractivity (Wildman–Crippen MR) is 118 cm³/mol. The highest BCUT2D eigenvalue weighted by Gasteiger charge is 2.24. The number of aliphatic hydroxyl groups is 2. The lowest BCUT2D eigenvalue weighted by Gasteiger charge is -2.26. The number of hydrogen-bond acceptors (Lipinski definition) is 5. The summed E-state index contributed by atoms with van der Waals surface area (Å²) in [6.07, 6.45) is -0.595. The first-order chi connectivity index (χ1) is 13.8. The van der Waals surface area contributed by atoms with E-state index in [1.54, 1.807) is 39.0 Å². The Balaban J connectivity index is 2.31. The normalized spacial score (nSPS) is 12.9. The highest BCUT2D eigenvalue weighted by molar-refractivity contribution is 5.89. The highest BCUT2D eigenvalue weighted by atomic mass is 16.6. The van der Waals surface area contributed by atoms with Gasteiger partial charge in [0.15, 0.2) is 0 Å². The molecule has 0 saturated heterocycles. The molecule has 5 nitrogen and oxygen atoms in total. The molecule has 2 N–H and O–H groups in total. The molecule has 0 aromatic heterocycles. The van der Waals surface area contributed by atoms with Crippen LogP contribution in [0.1, 0.15) is 47.1 Å². The summed E-state index contributed by atoms with van der Waals surface area (Å²) in [5, 5.41) is 20.4. The number of rotatable bonds is 7. The van der Waals surface area contributed by atoms with Crippen molar-refractivity contribution in [3.63, 3.8) is 0 Å². The van der Waals surface area contributed by atoms with E-state index in [0.717, 1.165) is 16.7 Å². The van der Waals surface area contributed by atoms with Crippen molar-refractivity contribution in [3.8, 4) is 22.6 Å². The second-order valence-electron chi connectivity index (χ2n) is 9.34. The van der Waals surface area contributed by atoms with Gasteiger partial charge in [-0.05, 0) is 61.7 Å². The van der Waals surface area contributed by atoms with Gasteiger partial charge in [0.1, 0.15) is 11.5 Å². The molecule has 30 heavy (non-hydrogen) atoms. The van der Waals surface area contributed by atoms with Crippen molar-refractivity contribution < 1.29 is 24.5 Å². The molecule has 0 aliphatic heterocycles. The van der Waals surface area contributed by atoms with Crippen LogP contribution in [0.5, 0.6) is 11.5 Å². The predicted octanol–water partition coefficient (Wildman–Crippen LogP) is 4.89. The Morgan fingerprint density at radius 2 is 1.60 bits per heavy atom. The number of benzene rings is 2. The van der Waals surface area contributed by atoms with Gasteiger partial charge in [0.2, 0.25) is 6.29 Å². The molecule has 162 valence electrons. The molecule has 2 rings (SSSR count). The molecule has 0 heterocycles. The molecule has 0 bridgehead atoms. The van der Waals surface area contributed by atoms with E-state index in [-0.39, 0.29) is 5.41 Å². The molecular formula is C25H32O5. The van der Waals surface area contributed by atoms with E-state index in [1.165, 1.54) is 0 Å². The monoisotopic (exact) mass is 412 g/mol. The minimum absolute atomic E-state index is 0.307. The lowest BCUT2D eigenvalue weighted by molar-refractivity contribution is -0.130. The summed E-state index contributed by atoms with van der Waals surface area (Å²) in [7, 11) is 0. The third-order valence-electron chi connectivity index (χ3n) is 4.41. The lowest BCUT2D eigenvalue weighted by atomic mass is 9.94. The van der Waals surface area contributed by atoms with Gasteiger partial charge in [-0.3, -0.25) is 0 Å². The van der Waals surface area contributed by atoms with Crippen molar-refractivity contribution in [1.82, 2.24) is 0 Å². The zero-order valence-corrected chi connectivity index (χ0v) is 18.7. The summed E-state index contributed by atoms with van der Waals surface area (Å²) < 4.78 is 11.0. The largest absolute Gasteiger partial charge is 0.465 e. The Labute approximate surface area is 179 Å². The van der Waals surface area contributed by atoms with Crippen LogP contribution in [0.25, 0.3) is 11.1 Å². The standard InChI is InChI=1S/C25H32O5/c1-16(2)22(26)30-21-13-10-18(14-19(21)15-25(6,7)28)17-8-11-20(12-9-17)29-23(27)24(3,4)5/h8-14,23,27-28H,1,15H2,2-7H3. The van der Waals surface area contributed by atoms with Crippen molar-refractivity contribution in [3.05, 3.63) is 60.2 Å². The first kappa shape index (κ1) is 23.6. The molecule has 2 aromatic carbocycles. The number of hydrogen-bond donors (Lipinski definition) is 2. The number of ether oxygens (including phenoxy) is 2. The van der Waals surface area contributed by atoms with E-state index in [4.69, 9.17) is 9.47 Å². The molecule has 1 unspecified atom stereocenters. The average Bonchev–Trinajstić information content (AvgIpc) is 2.61. The Kier molecular flexibility index (Phi) is 7.11. The van der Waals surface area contributed by atoms with E-state index in [0.29, 0.717) is 23.5 Å². The Morgan fingerprint density at radius 3 is 2.10 bits per heavy atom. The molecular weight excluding hydrogens is 380 g/mol. The number of aliphatic hydroxyl groups excluding tert-OH is 1. The lowest BCUT2D eigenvalue weighted by Crippen LogP contribution is -2.31. The quantitative estimate of drug-likeness (QED) is 0.293. The number of esters is 1. The Hall–Kier alpha value is -2.63. The summed E-state index contributed by atoms with van der Waals surface area (Å²) in [5.41, 5.74) is 1.51. The van der Waals surface area contributed by atoms with Crippen molar-refractivity contribution in [2.24, 2.45) is 5.41 Å². The molecule has 2 aromatic rings. The maximum Gasteiger partial charge on any atom is 0.338 e. The zero-order valence-electron chi connectivity index (χ0n) is 18.7. The number of carbonyl (C=O) groups is 1. The first-order valence-corrected chi connectivity index (χ1v) is 9.94. The zero-order chi connectivity index (χ0) is 22.7. The topological polar surface area (TPSA) is 76.0 Å². The summed E-state index contributed by atoms with van der Waals surface area (Å²) in [5.74, 6) is 0.477. The van der Waals surface area contributed by atoms with E-state index in [2.05, 4.69) is 6.58 Å². The van der Waals surface area contributed by atoms with Gasteiger partial charge in [-0.1, -0.05) is 45.5 Å². The third-order valence-corrected chi connectivity index (χ3v) is 4.41. The van der Waals surface area contributed by atoms with E-state index >= 15 is 0 Å². The van der Waals surface area contributed by atoms with Gasteiger partial charge in [-0.2, -0.15) is 0 Å². The fraction of sp³-hybridized carbons (Fsp3) is 0.400. The van der Waals surface area contributed by atoms with Crippen molar-refractivity contribution in [2.75, 3.05) is 0 Å². The van der Waals surface area contributed by atoms with Gasteiger partial charge in [-0.25, -0.2) is 4.79 Å². The number of carbonyl (C=O) groups excluding carboxylic acids is 1. The van der Waals surface area contributed by atoms with Crippen LogP contribution in [-0.4, -0.2) is 28.1 Å². The molecule has 0 spiro atoms. The van der Waals surface area contributed by atoms with Gasteiger partial charge >= 0.3 is 5.97 Å². The fourth-order valence-electron chi connectivity index (χ4n) is 2.68. The summed E-state index contributed by atoms with van der Waals surface area (Å²) in [4.78, 5) is 12.0. The van der Waals surface area contributed by atoms with Crippen LogP contribution in [0.2, 0.25) is 0 Å². The van der Waals surface area contributed by atoms with E-state index < -0.39 is 17.9 Å². The second-order valence-corrected chi connectivity index (χ2v) is 9.34. The average molecular weight is 413 g/mol. The molecule has 0 aliphatic carbocycles. The van der Waals surface area contributed by atoms with Crippen LogP contribution in [-0.2, 0) is 11.2 Å². The van der Waals surface area contributed by atoms with Gasteiger partial charge in [0, 0.05) is 17.4 Å². The van der Waals surface area contributed by atoms with Crippen LogP contribution >= 0.6 is 0 Å². The molecule has 0 amide bonds. The fourth-order valence-corrected chi connectivity index (χ4v) is 2.68. The van der Waals surface area contributed by atoms with Crippen LogP contribution in [0.3, 0.4) is 0 Å². The van der Waals surface area contributed by atoms with Crippen molar-refractivity contribution in [2.45, 2.75) is 59.9 Å². The second kappa shape index (κ2) is 9.02. The highest BCUT2D eigenvalue weighted by Crippen LogP contribution is 2.31. The van der Waals surface area contributed by atoms with Gasteiger partial charge in [0.25, 0.3) is 0 Å². The minimum atomic E-state index is -0.968. The summed E-state index contributed by atoms with van der Waals surface area (Å²) in [6, 6.07) is 12.9. The van der Waals surface area contributed by atoms with Gasteiger partial charge in [-0.15, -0.1) is 0 Å². The molecule has 0 saturated carbocycles.